The normalized spacial score (nSPS) is 19.9. The largest absolute Gasteiger partial charge is 0.351 e. The SMILES string of the molecule is O=C(Cc1nc2ncccn2n1)NC1CNCCC1c1ccc(F)c(F)c1. The average Bonchev–Trinajstić information content (AvgIpc) is 3.06. The Labute approximate surface area is 153 Å². The number of carbonyl (C=O) groups excluding carboxylic acids is 1. The summed E-state index contributed by atoms with van der Waals surface area (Å²) in [6.45, 7) is 1.30. The molecule has 2 aromatic heterocycles. The van der Waals surface area contributed by atoms with E-state index in [1.54, 1.807) is 24.5 Å². The molecule has 4 rings (SSSR count). The van der Waals surface area contributed by atoms with Crippen LogP contribution in [-0.2, 0) is 11.2 Å². The van der Waals surface area contributed by atoms with E-state index in [4.69, 9.17) is 0 Å². The predicted octanol–water partition coefficient (Wildman–Crippen LogP) is 1.21. The van der Waals surface area contributed by atoms with Crippen LogP contribution in [0, 0.1) is 11.6 Å². The Kier molecular flexibility index (Phi) is 4.76. The van der Waals surface area contributed by atoms with Gasteiger partial charge < -0.3 is 10.6 Å². The van der Waals surface area contributed by atoms with Crippen molar-refractivity contribution in [3.05, 3.63) is 59.7 Å². The van der Waals surface area contributed by atoms with E-state index in [2.05, 4.69) is 25.7 Å². The molecule has 1 amide bonds. The van der Waals surface area contributed by atoms with Crippen LogP contribution in [0.3, 0.4) is 0 Å². The van der Waals surface area contributed by atoms with Crippen LogP contribution in [0.5, 0.6) is 0 Å². The molecule has 0 saturated carbocycles. The number of nitrogens with zero attached hydrogens (tertiary/aromatic N) is 4. The molecule has 1 aliphatic rings. The number of hydrogen-bond acceptors (Lipinski definition) is 5. The van der Waals surface area contributed by atoms with Gasteiger partial charge in [0.05, 0.1) is 6.42 Å². The first-order valence-electron chi connectivity index (χ1n) is 8.71. The van der Waals surface area contributed by atoms with Crippen molar-refractivity contribution in [2.45, 2.75) is 24.8 Å². The second-order valence-electron chi connectivity index (χ2n) is 6.52. The smallest absolute Gasteiger partial charge is 0.252 e. The molecule has 0 aliphatic carbocycles. The van der Waals surface area contributed by atoms with Gasteiger partial charge in [-0.3, -0.25) is 4.79 Å². The zero-order valence-corrected chi connectivity index (χ0v) is 14.4. The van der Waals surface area contributed by atoms with Gasteiger partial charge in [-0.05, 0) is 36.7 Å². The zero-order valence-electron chi connectivity index (χ0n) is 14.4. The summed E-state index contributed by atoms with van der Waals surface area (Å²) < 4.78 is 28.3. The number of aromatic nitrogens is 4. The van der Waals surface area contributed by atoms with E-state index < -0.39 is 11.6 Å². The highest BCUT2D eigenvalue weighted by Crippen LogP contribution is 2.27. The summed E-state index contributed by atoms with van der Waals surface area (Å²) in [6.07, 6.45) is 4.05. The van der Waals surface area contributed by atoms with Crippen LogP contribution in [0.2, 0.25) is 0 Å². The highest BCUT2D eigenvalue weighted by Gasteiger charge is 2.28. The molecule has 2 unspecified atom stereocenters. The maximum Gasteiger partial charge on any atom is 0.252 e. The predicted molar refractivity (Wildman–Crippen MR) is 93.0 cm³/mol. The molecule has 140 valence electrons. The summed E-state index contributed by atoms with van der Waals surface area (Å²) >= 11 is 0. The van der Waals surface area contributed by atoms with Gasteiger partial charge in [-0.15, -0.1) is 5.10 Å². The monoisotopic (exact) mass is 372 g/mol. The highest BCUT2D eigenvalue weighted by molar-refractivity contribution is 5.78. The van der Waals surface area contributed by atoms with Crippen LogP contribution < -0.4 is 10.6 Å². The Balaban J connectivity index is 1.47. The van der Waals surface area contributed by atoms with Gasteiger partial charge in [0.15, 0.2) is 17.5 Å². The van der Waals surface area contributed by atoms with E-state index in [-0.39, 0.29) is 24.3 Å². The molecule has 0 bridgehead atoms. The van der Waals surface area contributed by atoms with Gasteiger partial charge in [0.1, 0.15) is 0 Å². The maximum absolute atomic E-state index is 13.6. The average molecular weight is 372 g/mol. The third kappa shape index (κ3) is 3.77. The van der Waals surface area contributed by atoms with Gasteiger partial charge in [0.25, 0.3) is 5.78 Å². The van der Waals surface area contributed by atoms with Crippen molar-refractivity contribution < 1.29 is 13.6 Å². The van der Waals surface area contributed by atoms with Gasteiger partial charge in [0.2, 0.25) is 5.91 Å². The molecule has 1 fully saturated rings. The molecule has 1 saturated heterocycles. The Bertz CT molecular complexity index is 942. The quantitative estimate of drug-likeness (QED) is 0.719. The molecule has 0 radical (unpaired) electrons. The van der Waals surface area contributed by atoms with Crippen molar-refractivity contribution in [3.8, 4) is 0 Å². The number of amides is 1. The molecule has 9 heteroatoms. The number of halogens is 2. The van der Waals surface area contributed by atoms with Crippen molar-refractivity contribution in [1.29, 1.82) is 0 Å². The number of hydrogen-bond donors (Lipinski definition) is 2. The molecule has 2 atom stereocenters. The summed E-state index contributed by atoms with van der Waals surface area (Å²) in [5.41, 5.74) is 0.677. The fourth-order valence-corrected chi connectivity index (χ4v) is 3.40. The fraction of sp³-hybridized carbons (Fsp3) is 0.333. The minimum absolute atomic E-state index is 0.0182. The van der Waals surface area contributed by atoms with E-state index >= 15 is 0 Å². The third-order valence-corrected chi connectivity index (χ3v) is 4.68. The van der Waals surface area contributed by atoms with E-state index in [0.717, 1.165) is 12.6 Å². The fourth-order valence-electron chi connectivity index (χ4n) is 3.40. The number of nitrogens with one attached hydrogen (secondary N) is 2. The van der Waals surface area contributed by atoms with Crippen molar-refractivity contribution >= 4 is 11.7 Å². The molecule has 1 aromatic carbocycles. The molecule has 0 spiro atoms. The van der Waals surface area contributed by atoms with Gasteiger partial charge in [-0.25, -0.2) is 18.3 Å². The van der Waals surface area contributed by atoms with Crippen molar-refractivity contribution in [3.63, 3.8) is 0 Å². The van der Waals surface area contributed by atoms with Gasteiger partial charge in [-0.2, -0.15) is 4.98 Å². The number of carbonyl (C=O) groups is 1. The number of fused-ring (bicyclic) bond motifs is 1. The topological polar surface area (TPSA) is 84.2 Å². The second kappa shape index (κ2) is 7.36. The van der Waals surface area contributed by atoms with Crippen molar-refractivity contribution in [2.75, 3.05) is 13.1 Å². The maximum atomic E-state index is 13.6. The lowest BCUT2D eigenvalue weighted by molar-refractivity contribution is -0.121. The number of rotatable bonds is 4. The van der Waals surface area contributed by atoms with Crippen LogP contribution in [0.25, 0.3) is 5.78 Å². The number of benzene rings is 1. The first-order chi connectivity index (χ1) is 13.1. The molecule has 1 aliphatic heterocycles. The van der Waals surface area contributed by atoms with E-state index in [9.17, 15) is 13.6 Å². The molecule has 27 heavy (non-hydrogen) atoms. The lowest BCUT2D eigenvalue weighted by atomic mass is 9.86. The van der Waals surface area contributed by atoms with Gasteiger partial charge in [0, 0.05) is 30.9 Å². The first kappa shape index (κ1) is 17.5. The van der Waals surface area contributed by atoms with E-state index in [1.165, 1.54) is 10.6 Å². The summed E-state index contributed by atoms with van der Waals surface area (Å²) in [5.74, 6) is -1.27. The summed E-state index contributed by atoms with van der Waals surface area (Å²) in [6, 6.07) is 5.40. The Morgan fingerprint density at radius 2 is 2.22 bits per heavy atom. The third-order valence-electron chi connectivity index (χ3n) is 4.68. The van der Waals surface area contributed by atoms with Gasteiger partial charge in [-0.1, -0.05) is 6.07 Å². The standard InChI is InChI=1S/C18H18F2N6O/c19-13-3-2-11(8-14(13)20)12-4-6-21-10-15(12)23-17(27)9-16-24-18-22-5-1-7-26(18)25-16/h1-3,5,7-8,12,15,21H,4,6,9-10H2,(H,23,27). The Morgan fingerprint density at radius 3 is 3.04 bits per heavy atom. The molecule has 3 heterocycles. The second-order valence-corrected chi connectivity index (χ2v) is 6.52. The molecule has 2 N–H and O–H groups in total. The van der Waals surface area contributed by atoms with Crippen LogP contribution in [0.4, 0.5) is 8.78 Å². The Morgan fingerprint density at radius 1 is 1.33 bits per heavy atom. The van der Waals surface area contributed by atoms with Crippen LogP contribution in [-0.4, -0.2) is 44.6 Å². The van der Waals surface area contributed by atoms with Gasteiger partial charge >= 0.3 is 0 Å². The highest BCUT2D eigenvalue weighted by atomic mass is 19.2. The lowest BCUT2D eigenvalue weighted by Crippen LogP contribution is -2.50. The van der Waals surface area contributed by atoms with Crippen LogP contribution in [0.15, 0.2) is 36.7 Å². The van der Waals surface area contributed by atoms with Crippen molar-refractivity contribution in [2.24, 2.45) is 0 Å². The lowest BCUT2D eigenvalue weighted by Gasteiger charge is -2.33. The minimum atomic E-state index is -0.877. The molecule has 3 aromatic rings. The van der Waals surface area contributed by atoms with Crippen molar-refractivity contribution in [1.82, 2.24) is 30.2 Å². The molecular formula is C18H18F2N6O. The molecule has 7 nitrogen and oxygen atoms in total. The van der Waals surface area contributed by atoms with E-state index in [0.29, 0.717) is 30.1 Å². The number of piperidine rings is 1. The first-order valence-corrected chi connectivity index (χ1v) is 8.71. The zero-order chi connectivity index (χ0) is 18.8. The summed E-state index contributed by atoms with van der Waals surface area (Å²) in [4.78, 5) is 20.8. The Hall–Kier alpha value is -2.94. The van der Waals surface area contributed by atoms with E-state index in [1.807, 2.05) is 0 Å². The summed E-state index contributed by atoms with van der Waals surface area (Å²) in [7, 11) is 0. The molecular weight excluding hydrogens is 354 g/mol. The minimum Gasteiger partial charge on any atom is -0.351 e. The van der Waals surface area contributed by atoms with Crippen LogP contribution in [0.1, 0.15) is 23.7 Å². The summed E-state index contributed by atoms with van der Waals surface area (Å²) in [5, 5.41) is 10.4. The van der Waals surface area contributed by atoms with Crippen LogP contribution >= 0.6 is 0 Å².